The summed E-state index contributed by atoms with van der Waals surface area (Å²) in [4.78, 5) is 1.73. The molecule has 0 amide bonds. The third kappa shape index (κ3) is 3.22. The van der Waals surface area contributed by atoms with Crippen LogP contribution >= 0.6 is 11.6 Å². The Morgan fingerprint density at radius 2 is 1.67 bits per heavy atom. The molecule has 2 rings (SSSR count). The van der Waals surface area contributed by atoms with Crippen LogP contribution in [0.5, 0.6) is 0 Å². The van der Waals surface area contributed by atoms with Gasteiger partial charge in [-0.05, 0) is 23.6 Å². The molecule has 0 bridgehead atoms. The van der Waals surface area contributed by atoms with E-state index in [0.29, 0.717) is 6.54 Å². The number of nitrogens with zero attached hydrogens (tertiary/aromatic N) is 1. The highest BCUT2D eigenvalue weighted by atomic mass is 35.5. The third-order valence-electron chi connectivity index (χ3n) is 3.47. The fraction of sp³-hybridized carbons (Fsp3) is 0.250. The fourth-order valence-electron chi connectivity index (χ4n) is 2.28. The van der Waals surface area contributed by atoms with Crippen LogP contribution in [0.15, 0.2) is 30.3 Å². The van der Waals surface area contributed by atoms with Crippen molar-refractivity contribution in [3.8, 4) is 0 Å². The maximum Gasteiger partial charge on any atom is 0.169 e. The van der Waals surface area contributed by atoms with Gasteiger partial charge in [0, 0.05) is 13.6 Å². The van der Waals surface area contributed by atoms with E-state index in [2.05, 4.69) is 19.1 Å². The van der Waals surface area contributed by atoms with Crippen LogP contribution in [-0.4, -0.2) is 7.05 Å². The lowest BCUT2D eigenvalue weighted by Crippen LogP contribution is -2.19. The Hall–Kier alpha value is -1.94. The van der Waals surface area contributed by atoms with E-state index in [1.54, 1.807) is 11.9 Å². The first-order valence-corrected chi connectivity index (χ1v) is 7.13. The average molecular weight is 308 g/mol. The Bertz CT molecular complexity index is 641. The lowest BCUT2D eigenvalue weighted by atomic mass is 10.1. The monoisotopic (exact) mass is 307 g/mol. The lowest BCUT2D eigenvalue weighted by Gasteiger charge is -2.23. The molecule has 0 aliphatic carbocycles. The van der Waals surface area contributed by atoms with Crippen LogP contribution in [0.1, 0.15) is 18.1 Å². The summed E-state index contributed by atoms with van der Waals surface area (Å²) in [6, 6.07) is 9.68. The molecule has 0 aliphatic rings. The molecule has 0 saturated heterocycles. The topological polar surface area (TPSA) is 55.3 Å². The molecule has 0 saturated carbocycles. The summed E-state index contributed by atoms with van der Waals surface area (Å²) in [5, 5.41) is -0.0904. The standard InChI is InChI=1S/C16H19ClFN3/c1-3-10-4-6-11(7-5-10)9-21(2)16-13(20)8-12(19)14(17)15(16)18/h4-8H,3,9,19-20H2,1-2H3. The van der Waals surface area contributed by atoms with E-state index in [-0.39, 0.29) is 22.1 Å². The quantitative estimate of drug-likeness (QED) is 0.844. The van der Waals surface area contributed by atoms with Gasteiger partial charge in [-0.2, -0.15) is 0 Å². The van der Waals surface area contributed by atoms with Crippen LogP contribution in [-0.2, 0) is 13.0 Å². The van der Waals surface area contributed by atoms with Crippen LogP contribution in [0.2, 0.25) is 5.02 Å². The smallest absolute Gasteiger partial charge is 0.169 e. The second-order valence-electron chi connectivity index (χ2n) is 5.06. The molecule has 4 N–H and O–H groups in total. The van der Waals surface area contributed by atoms with E-state index in [0.717, 1.165) is 12.0 Å². The number of rotatable bonds is 4. The number of nitrogens with two attached hydrogens (primary N) is 2. The molecule has 0 radical (unpaired) electrons. The van der Waals surface area contributed by atoms with Gasteiger partial charge in [-0.3, -0.25) is 0 Å². The van der Waals surface area contributed by atoms with Gasteiger partial charge in [0.1, 0.15) is 5.02 Å². The highest BCUT2D eigenvalue weighted by Crippen LogP contribution is 2.36. The molecule has 0 unspecified atom stereocenters. The van der Waals surface area contributed by atoms with E-state index < -0.39 is 5.82 Å². The number of hydrogen-bond donors (Lipinski definition) is 2. The normalized spacial score (nSPS) is 10.7. The number of hydrogen-bond acceptors (Lipinski definition) is 3. The Morgan fingerprint density at radius 1 is 1.10 bits per heavy atom. The van der Waals surface area contributed by atoms with Crippen molar-refractivity contribution in [1.29, 1.82) is 0 Å². The molecule has 0 heterocycles. The average Bonchev–Trinajstić information content (AvgIpc) is 2.45. The van der Waals surface area contributed by atoms with Crippen molar-refractivity contribution in [2.24, 2.45) is 0 Å². The molecule has 5 heteroatoms. The molecule has 2 aromatic rings. The number of nitrogen functional groups attached to an aromatic ring is 2. The first-order valence-electron chi connectivity index (χ1n) is 6.76. The molecule has 0 atom stereocenters. The number of benzene rings is 2. The molecule has 112 valence electrons. The SMILES string of the molecule is CCc1ccc(CN(C)c2c(N)cc(N)c(Cl)c2F)cc1. The van der Waals surface area contributed by atoms with E-state index in [4.69, 9.17) is 23.1 Å². The zero-order chi connectivity index (χ0) is 15.6. The molecule has 0 aromatic heterocycles. The highest BCUT2D eigenvalue weighted by Gasteiger charge is 2.17. The van der Waals surface area contributed by atoms with Crippen molar-refractivity contribution in [2.75, 3.05) is 23.4 Å². The Labute approximate surface area is 129 Å². The van der Waals surface area contributed by atoms with E-state index in [1.165, 1.54) is 11.6 Å². The predicted molar refractivity (Wildman–Crippen MR) is 88.2 cm³/mol. The van der Waals surface area contributed by atoms with Crippen LogP contribution in [0, 0.1) is 5.82 Å². The Balaban J connectivity index is 2.27. The summed E-state index contributed by atoms with van der Waals surface area (Å²) in [6.07, 6.45) is 0.991. The maximum atomic E-state index is 14.3. The van der Waals surface area contributed by atoms with Crippen molar-refractivity contribution in [3.63, 3.8) is 0 Å². The minimum Gasteiger partial charge on any atom is -0.397 e. The van der Waals surface area contributed by atoms with Gasteiger partial charge in [-0.1, -0.05) is 42.8 Å². The Morgan fingerprint density at radius 3 is 2.24 bits per heavy atom. The summed E-state index contributed by atoms with van der Waals surface area (Å²) in [5.41, 5.74) is 14.5. The minimum atomic E-state index is -0.582. The van der Waals surface area contributed by atoms with Gasteiger partial charge in [-0.15, -0.1) is 0 Å². The third-order valence-corrected chi connectivity index (χ3v) is 3.86. The van der Waals surface area contributed by atoms with Gasteiger partial charge in [0.15, 0.2) is 5.82 Å². The number of halogens is 2. The second kappa shape index (κ2) is 6.22. The van der Waals surface area contributed by atoms with Crippen molar-refractivity contribution in [3.05, 3.63) is 52.3 Å². The van der Waals surface area contributed by atoms with E-state index >= 15 is 0 Å². The first kappa shape index (κ1) is 15.4. The van der Waals surface area contributed by atoms with Crippen molar-refractivity contribution >= 4 is 28.7 Å². The van der Waals surface area contributed by atoms with Gasteiger partial charge in [0.25, 0.3) is 0 Å². The molecule has 3 nitrogen and oxygen atoms in total. The minimum absolute atomic E-state index is 0.0904. The predicted octanol–water partition coefficient (Wildman–Crippen LogP) is 3.84. The molecule has 2 aromatic carbocycles. The fourth-order valence-corrected chi connectivity index (χ4v) is 2.42. The molecule has 21 heavy (non-hydrogen) atoms. The van der Waals surface area contributed by atoms with Crippen LogP contribution < -0.4 is 16.4 Å². The van der Waals surface area contributed by atoms with E-state index in [9.17, 15) is 4.39 Å². The van der Waals surface area contributed by atoms with Gasteiger partial charge < -0.3 is 16.4 Å². The van der Waals surface area contributed by atoms with Crippen LogP contribution in [0.25, 0.3) is 0 Å². The summed E-state index contributed by atoms with van der Waals surface area (Å²) < 4.78 is 14.3. The van der Waals surface area contributed by atoms with Crippen molar-refractivity contribution < 1.29 is 4.39 Å². The molecule has 0 aliphatic heterocycles. The molecule has 0 fully saturated rings. The molecular formula is C16H19ClFN3. The van der Waals surface area contributed by atoms with Crippen LogP contribution in [0.3, 0.4) is 0 Å². The largest absolute Gasteiger partial charge is 0.397 e. The lowest BCUT2D eigenvalue weighted by molar-refractivity contribution is 0.624. The summed E-state index contributed by atoms with van der Waals surface area (Å²) in [6.45, 7) is 2.64. The summed E-state index contributed by atoms with van der Waals surface area (Å²) in [7, 11) is 1.77. The number of aryl methyl sites for hydroxylation is 1. The van der Waals surface area contributed by atoms with Gasteiger partial charge in [0.2, 0.25) is 0 Å². The maximum absolute atomic E-state index is 14.3. The Kier molecular flexibility index (Phi) is 4.58. The van der Waals surface area contributed by atoms with E-state index in [1.807, 2.05) is 12.1 Å². The van der Waals surface area contributed by atoms with Gasteiger partial charge in [0.05, 0.1) is 17.1 Å². The zero-order valence-corrected chi connectivity index (χ0v) is 12.9. The number of anilines is 3. The molecular weight excluding hydrogens is 289 g/mol. The zero-order valence-electron chi connectivity index (χ0n) is 12.2. The van der Waals surface area contributed by atoms with Crippen molar-refractivity contribution in [1.82, 2.24) is 0 Å². The summed E-state index contributed by atoms with van der Waals surface area (Å²) in [5.74, 6) is -0.582. The van der Waals surface area contributed by atoms with Crippen LogP contribution in [0.4, 0.5) is 21.5 Å². The second-order valence-corrected chi connectivity index (χ2v) is 5.44. The van der Waals surface area contributed by atoms with Crippen molar-refractivity contribution in [2.45, 2.75) is 19.9 Å². The first-order chi connectivity index (χ1) is 9.93. The summed E-state index contributed by atoms with van der Waals surface area (Å²) >= 11 is 5.86. The highest BCUT2D eigenvalue weighted by molar-refractivity contribution is 6.33. The molecule has 0 spiro atoms. The van der Waals surface area contributed by atoms with Gasteiger partial charge in [-0.25, -0.2) is 4.39 Å². The van der Waals surface area contributed by atoms with Gasteiger partial charge >= 0.3 is 0 Å².